The zero-order valence-corrected chi connectivity index (χ0v) is 9.71. The van der Waals surface area contributed by atoms with E-state index in [2.05, 4.69) is 10.5 Å². The fraction of sp³-hybridized carbons (Fsp3) is 0.182. The number of hydrazone groups is 1. The second-order valence-electron chi connectivity index (χ2n) is 3.16. The molecule has 1 aromatic rings. The molecule has 0 aliphatic carbocycles. The highest BCUT2D eigenvalue weighted by Gasteiger charge is 2.11. The SMILES string of the molecule is CC(=O)C(=NNc1ccccc1Cl)C(C)=O. The molecule has 0 fully saturated rings. The number of halogens is 1. The van der Waals surface area contributed by atoms with Gasteiger partial charge in [-0.25, -0.2) is 0 Å². The van der Waals surface area contributed by atoms with Crippen molar-refractivity contribution in [2.45, 2.75) is 13.8 Å². The van der Waals surface area contributed by atoms with Crippen LogP contribution in [-0.4, -0.2) is 17.3 Å². The van der Waals surface area contributed by atoms with Gasteiger partial charge in [0, 0.05) is 13.8 Å². The molecule has 0 saturated heterocycles. The number of hydrogen-bond donors (Lipinski definition) is 1. The monoisotopic (exact) mass is 238 g/mol. The quantitative estimate of drug-likeness (QED) is 0.497. The minimum atomic E-state index is -0.382. The van der Waals surface area contributed by atoms with Gasteiger partial charge in [0.15, 0.2) is 17.3 Å². The van der Waals surface area contributed by atoms with E-state index in [1.165, 1.54) is 13.8 Å². The van der Waals surface area contributed by atoms with E-state index >= 15 is 0 Å². The first-order valence-corrected chi connectivity index (χ1v) is 5.00. The number of para-hydroxylation sites is 1. The maximum atomic E-state index is 11.1. The number of benzene rings is 1. The largest absolute Gasteiger partial charge is 0.293 e. The summed E-state index contributed by atoms with van der Waals surface area (Å²) >= 11 is 5.87. The number of ketones is 2. The van der Waals surface area contributed by atoms with Crippen molar-refractivity contribution < 1.29 is 9.59 Å². The van der Waals surface area contributed by atoms with Crippen LogP contribution in [0.4, 0.5) is 5.69 Å². The molecular formula is C11H11ClN2O2. The molecule has 1 N–H and O–H groups in total. The molecule has 0 heterocycles. The number of rotatable bonds is 4. The summed E-state index contributed by atoms with van der Waals surface area (Å²) in [7, 11) is 0. The van der Waals surface area contributed by atoms with E-state index in [0.717, 1.165) is 0 Å². The molecule has 84 valence electrons. The van der Waals surface area contributed by atoms with Crippen LogP contribution in [0.5, 0.6) is 0 Å². The van der Waals surface area contributed by atoms with Crippen molar-refractivity contribution >= 4 is 34.6 Å². The highest BCUT2D eigenvalue weighted by molar-refractivity contribution is 6.65. The third kappa shape index (κ3) is 3.17. The highest BCUT2D eigenvalue weighted by Crippen LogP contribution is 2.20. The zero-order valence-electron chi connectivity index (χ0n) is 8.95. The van der Waals surface area contributed by atoms with Gasteiger partial charge in [0.25, 0.3) is 0 Å². The molecule has 0 aliphatic heterocycles. The van der Waals surface area contributed by atoms with Crippen LogP contribution in [0, 0.1) is 0 Å². The number of nitrogens with zero attached hydrogens (tertiary/aromatic N) is 1. The lowest BCUT2D eigenvalue weighted by Gasteiger charge is -2.03. The summed E-state index contributed by atoms with van der Waals surface area (Å²) in [5.74, 6) is -0.765. The number of anilines is 1. The molecule has 5 heteroatoms. The maximum Gasteiger partial charge on any atom is 0.183 e. The predicted octanol–water partition coefficient (Wildman–Crippen LogP) is 2.29. The summed E-state index contributed by atoms with van der Waals surface area (Å²) in [6.45, 7) is 2.57. The van der Waals surface area contributed by atoms with Crippen LogP contribution in [0.3, 0.4) is 0 Å². The molecule has 0 aromatic heterocycles. The molecule has 0 unspecified atom stereocenters. The molecule has 0 saturated carbocycles. The fourth-order valence-electron chi connectivity index (χ4n) is 1.07. The lowest BCUT2D eigenvalue weighted by Crippen LogP contribution is -2.20. The van der Waals surface area contributed by atoms with Gasteiger partial charge in [-0.3, -0.25) is 15.0 Å². The Bertz CT molecular complexity index is 439. The summed E-state index contributed by atoms with van der Waals surface area (Å²) in [5, 5.41) is 4.21. The number of carbonyl (C=O) groups is 2. The van der Waals surface area contributed by atoms with E-state index in [9.17, 15) is 9.59 Å². The molecule has 1 aromatic carbocycles. The van der Waals surface area contributed by atoms with E-state index in [1.807, 2.05) is 0 Å². The first-order valence-electron chi connectivity index (χ1n) is 4.62. The van der Waals surface area contributed by atoms with E-state index in [0.29, 0.717) is 10.7 Å². The molecule has 0 atom stereocenters. The van der Waals surface area contributed by atoms with Crippen LogP contribution in [0.25, 0.3) is 0 Å². The van der Waals surface area contributed by atoms with Gasteiger partial charge < -0.3 is 0 Å². The Balaban J connectivity index is 2.90. The average molecular weight is 239 g/mol. The first-order chi connectivity index (χ1) is 7.52. The molecule has 0 aliphatic rings. The van der Waals surface area contributed by atoms with Crippen LogP contribution in [0.2, 0.25) is 5.02 Å². The van der Waals surface area contributed by atoms with Gasteiger partial charge in [-0.15, -0.1) is 0 Å². The smallest absolute Gasteiger partial charge is 0.183 e. The van der Waals surface area contributed by atoms with Crippen molar-refractivity contribution in [3.63, 3.8) is 0 Å². The molecule has 0 spiro atoms. The Kier molecular flexibility index (Phi) is 4.19. The number of hydrogen-bond acceptors (Lipinski definition) is 4. The lowest BCUT2D eigenvalue weighted by molar-refractivity contribution is -0.114. The fourth-order valence-corrected chi connectivity index (χ4v) is 1.25. The van der Waals surface area contributed by atoms with Crippen molar-refractivity contribution in [1.82, 2.24) is 0 Å². The molecule has 0 radical (unpaired) electrons. The van der Waals surface area contributed by atoms with Crippen LogP contribution in [-0.2, 0) is 9.59 Å². The summed E-state index contributed by atoms with van der Waals surface area (Å²) in [5.41, 5.74) is 3.01. The Hall–Kier alpha value is -1.68. The third-order valence-corrected chi connectivity index (χ3v) is 2.16. The topological polar surface area (TPSA) is 58.5 Å². The van der Waals surface area contributed by atoms with Crippen molar-refractivity contribution in [3.05, 3.63) is 29.3 Å². The minimum Gasteiger partial charge on any atom is -0.293 e. The Morgan fingerprint density at radius 2 is 1.75 bits per heavy atom. The van der Waals surface area contributed by atoms with Crippen LogP contribution >= 0.6 is 11.6 Å². The second-order valence-corrected chi connectivity index (χ2v) is 3.57. The molecular weight excluding hydrogens is 228 g/mol. The number of Topliss-reactive ketones (excluding diaryl/α,β-unsaturated/α-hetero) is 2. The Labute approximate surface area is 98.3 Å². The Morgan fingerprint density at radius 1 is 1.19 bits per heavy atom. The summed E-state index contributed by atoms with van der Waals surface area (Å²) in [6, 6.07) is 6.92. The summed E-state index contributed by atoms with van der Waals surface area (Å²) < 4.78 is 0. The van der Waals surface area contributed by atoms with Crippen LogP contribution < -0.4 is 5.43 Å². The van der Waals surface area contributed by atoms with Crippen molar-refractivity contribution in [3.8, 4) is 0 Å². The second kappa shape index (κ2) is 5.42. The first kappa shape index (κ1) is 12.4. The standard InChI is InChI=1S/C11H11ClN2O2/c1-7(15)11(8(2)16)14-13-10-6-4-3-5-9(10)12/h3-6,13H,1-2H3. The van der Waals surface area contributed by atoms with Crippen LogP contribution in [0.15, 0.2) is 29.4 Å². The van der Waals surface area contributed by atoms with Gasteiger partial charge >= 0.3 is 0 Å². The van der Waals surface area contributed by atoms with E-state index in [4.69, 9.17) is 11.6 Å². The van der Waals surface area contributed by atoms with Gasteiger partial charge in [-0.2, -0.15) is 5.10 Å². The normalized spacial score (nSPS) is 9.44. The van der Waals surface area contributed by atoms with Gasteiger partial charge in [0.2, 0.25) is 0 Å². The molecule has 16 heavy (non-hydrogen) atoms. The number of carbonyl (C=O) groups excluding carboxylic acids is 2. The van der Waals surface area contributed by atoms with E-state index in [-0.39, 0.29) is 17.3 Å². The summed E-state index contributed by atoms with van der Waals surface area (Å²) in [6.07, 6.45) is 0. The third-order valence-electron chi connectivity index (χ3n) is 1.83. The van der Waals surface area contributed by atoms with Crippen molar-refractivity contribution in [2.75, 3.05) is 5.43 Å². The molecule has 4 nitrogen and oxygen atoms in total. The molecule has 0 bridgehead atoms. The summed E-state index contributed by atoms with van der Waals surface area (Å²) in [4.78, 5) is 22.1. The Morgan fingerprint density at radius 3 is 2.25 bits per heavy atom. The van der Waals surface area contributed by atoms with Crippen molar-refractivity contribution in [2.24, 2.45) is 5.10 Å². The van der Waals surface area contributed by atoms with E-state index in [1.54, 1.807) is 24.3 Å². The molecule has 1 rings (SSSR count). The van der Waals surface area contributed by atoms with Gasteiger partial charge in [-0.1, -0.05) is 23.7 Å². The van der Waals surface area contributed by atoms with Crippen LogP contribution in [0.1, 0.15) is 13.8 Å². The van der Waals surface area contributed by atoms with Gasteiger partial charge in [0.05, 0.1) is 10.7 Å². The highest BCUT2D eigenvalue weighted by atomic mass is 35.5. The molecule has 0 amide bonds. The zero-order chi connectivity index (χ0) is 12.1. The average Bonchev–Trinajstić information content (AvgIpc) is 2.20. The minimum absolute atomic E-state index is 0.125. The maximum absolute atomic E-state index is 11.1. The van der Waals surface area contributed by atoms with Crippen molar-refractivity contribution in [1.29, 1.82) is 0 Å². The number of nitrogens with one attached hydrogen (secondary N) is 1. The lowest BCUT2D eigenvalue weighted by atomic mass is 10.2. The van der Waals surface area contributed by atoms with Gasteiger partial charge in [-0.05, 0) is 12.1 Å². The predicted molar refractivity (Wildman–Crippen MR) is 63.9 cm³/mol. The van der Waals surface area contributed by atoms with Gasteiger partial charge in [0.1, 0.15) is 0 Å². The van der Waals surface area contributed by atoms with E-state index < -0.39 is 0 Å².